The minimum absolute atomic E-state index is 0. The SMILES string of the molecule is C.COc1c2n(cc(C(=O)O)c1=O)CC1O[C@H]3CC[C@H](C3)N1C2=O.NC1(c2ccc(F)cc2F)CCC1.O=C(NC1(c2ccc(F)cc2F)CCC1)c1cn2c(c(O)c1=O)C(=O)N1C(C2)O[C@H]2CC[C@@H]1C2. The van der Waals surface area contributed by atoms with Gasteiger partial charge in [0.2, 0.25) is 10.9 Å². The summed E-state index contributed by atoms with van der Waals surface area (Å²) in [7, 11) is 1.26. The molecule has 0 spiro atoms. The highest BCUT2D eigenvalue weighted by Gasteiger charge is 2.50. The standard InChI is InChI=1S/C24H23F2N3O5.C15H16N2O6.C10H11F2N.CH4/c25-12-2-5-16(17(26)8-12)24(6-1-7-24)27-22(32)15-10-28-11-18-29(13-3-4-14(9-13)34-18)23(33)19(28)21(31)20(15)30;1-22-13-11-14(19)17-7-2-3-8(4-7)23-10(17)6-16(11)5-9(12(13)18)15(20)21;11-7-2-3-8(9(12)6-7)10(13)4-1-5-10;/h2,5,8,10,13-14,18,31H,1,3-4,6-7,9,11H2,(H,27,32);5,7-8,10H,2-4,6H2,1H3,(H,20,21);2-3,6H,1,4-5,13H2;1H4/t13-,14+,18?;7-,8+,10?;;/m11../s1. The molecule has 3 amide bonds. The molecule has 2 saturated heterocycles. The summed E-state index contributed by atoms with van der Waals surface area (Å²) in [6, 6.07) is 6.89. The van der Waals surface area contributed by atoms with E-state index in [0.29, 0.717) is 24.9 Å². The van der Waals surface area contributed by atoms with Gasteiger partial charge in [0.25, 0.3) is 17.7 Å². The van der Waals surface area contributed by atoms with Crippen molar-refractivity contribution in [2.45, 2.75) is 145 Å². The van der Waals surface area contributed by atoms with Crippen molar-refractivity contribution in [3.05, 3.63) is 126 Å². The van der Waals surface area contributed by atoms with Crippen LogP contribution in [0.2, 0.25) is 0 Å². The van der Waals surface area contributed by atoms with Crippen LogP contribution in [0.5, 0.6) is 11.5 Å². The first-order valence-electron chi connectivity index (χ1n) is 23.4. The van der Waals surface area contributed by atoms with Crippen LogP contribution in [0.1, 0.15) is 137 Å². The topological polar surface area (TPSA) is 225 Å². The molecule has 2 aromatic carbocycles. The van der Waals surface area contributed by atoms with E-state index in [2.05, 4.69) is 5.32 Å². The molecule has 0 radical (unpaired) electrons. The van der Waals surface area contributed by atoms with Crippen LogP contribution >= 0.6 is 0 Å². The average Bonchev–Trinajstić information content (AvgIpc) is 3.86. The van der Waals surface area contributed by atoms with Gasteiger partial charge in [-0.3, -0.25) is 24.0 Å². The van der Waals surface area contributed by atoms with E-state index in [1.165, 1.54) is 46.8 Å². The minimum Gasteiger partial charge on any atom is -0.503 e. The Bertz CT molecular complexity index is 2970. The predicted octanol–water partition coefficient (Wildman–Crippen LogP) is 5.60. The Hall–Kier alpha value is -6.58. The van der Waals surface area contributed by atoms with Crippen LogP contribution in [-0.4, -0.2) is 96.7 Å². The lowest BCUT2D eigenvalue weighted by molar-refractivity contribution is -0.132. The zero-order chi connectivity index (χ0) is 49.6. The second-order valence-electron chi connectivity index (χ2n) is 19.4. The Labute approximate surface area is 404 Å². The molecule has 2 aromatic heterocycles. The molecule has 4 aliphatic heterocycles. The summed E-state index contributed by atoms with van der Waals surface area (Å²) in [4.78, 5) is 79.0. The zero-order valence-corrected chi connectivity index (χ0v) is 37.9. The number of aromatic nitrogens is 2. The number of halogens is 4. The summed E-state index contributed by atoms with van der Waals surface area (Å²) in [6.45, 7) is 0.477. The normalized spacial score (nSPS) is 25.4. The zero-order valence-electron chi connectivity index (χ0n) is 37.9. The number of hydrogen-bond acceptors (Lipinski definition) is 11. The van der Waals surface area contributed by atoms with Gasteiger partial charge in [-0.2, -0.15) is 0 Å². The molecule has 4 aromatic rings. The van der Waals surface area contributed by atoms with Crippen molar-refractivity contribution >= 4 is 23.7 Å². The summed E-state index contributed by atoms with van der Waals surface area (Å²) in [6.07, 6.45) is 10.9. The number of benzene rings is 2. The number of aromatic carboxylic acids is 1. The molecular weight excluding hydrogens is 937 g/mol. The number of carboxylic acid groups (broad SMARTS) is 1. The van der Waals surface area contributed by atoms with E-state index in [0.717, 1.165) is 82.4 Å². The molecule has 378 valence electrons. The van der Waals surface area contributed by atoms with Crippen molar-refractivity contribution in [1.82, 2.24) is 24.3 Å². The van der Waals surface area contributed by atoms with E-state index in [1.54, 1.807) is 9.80 Å². The number of aromatic hydroxyl groups is 1. The van der Waals surface area contributed by atoms with Crippen molar-refractivity contribution < 1.29 is 61.2 Å². The monoisotopic (exact) mass is 990 g/mol. The van der Waals surface area contributed by atoms with Crippen LogP contribution in [0.4, 0.5) is 17.6 Å². The first-order chi connectivity index (χ1) is 33.4. The first kappa shape index (κ1) is 49.4. The van der Waals surface area contributed by atoms with Crippen LogP contribution in [0.15, 0.2) is 58.4 Å². The molecule has 6 heterocycles. The molecule has 12 rings (SSSR count). The molecule has 21 heteroatoms. The molecule has 4 aliphatic carbocycles. The first-order valence-corrected chi connectivity index (χ1v) is 23.4. The van der Waals surface area contributed by atoms with Crippen LogP contribution in [-0.2, 0) is 33.6 Å². The quantitative estimate of drug-likeness (QED) is 0.173. The van der Waals surface area contributed by atoms with Crippen molar-refractivity contribution in [1.29, 1.82) is 0 Å². The lowest BCUT2D eigenvalue weighted by Gasteiger charge is -2.44. The molecule has 71 heavy (non-hydrogen) atoms. The maximum atomic E-state index is 14.5. The lowest BCUT2D eigenvalue weighted by Crippen LogP contribution is -2.57. The third-order valence-electron chi connectivity index (χ3n) is 15.3. The molecule has 8 aliphatic rings. The molecule has 4 bridgehead atoms. The largest absolute Gasteiger partial charge is 0.503 e. The highest BCUT2D eigenvalue weighted by atomic mass is 19.1. The van der Waals surface area contributed by atoms with Gasteiger partial charge in [-0.15, -0.1) is 0 Å². The molecule has 2 unspecified atom stereocenters. The molecule has 17 nitrogen and oxygen atoms in total. The Balaban J connectivity index is 0.000000145. The van der Waals surface area contributed by atoms with Gasteiger partial charge in [-0.25, -0.2) is 22.4 Å². The van der Waals surface area contributed by atoms with Crippen molar-refractivity contribution in [3.8, 4) is 11.5 Å². The maximum absolute atomic E-state index is 14.5. The van der Waals surface area contributed by atoms with Gasteiger partial charge in [0.05, 0.1) is 37.9 Å². The number of hydrogen-bond donors (Lipinski definition) is 4. The third kappa shape index (κ3) is 8.43. The van der Waals surface area contributed by atoms with Crippen LogP contribution in [0, 0.1) is 23.3 Å². The van der Waals surface area contributed by atoms with Crippen LogP contribution in [0.25, 0.3) is 0 Å². The highest BCUT2D eigenvalue weighted by Crippen LogP contribution is 2.44. The highest BCUT2D eigenvalue weighted by molar-refractivity contribution is 6.00. The van der Waals surface area contributed by atoms with Gasteiger partial charge in [0.1, 0.15) is 34.4 Å². The summed E-state index contributed by atoms with van der Waals surface area (Å²) < 4.78 is 73.6. The smallest absolute Gasteiger partial charge is 0.341 e. The minimum atomic E-state index is -1.34. The summed E-state index contributed by atoms with van der Waals surface area (Å²) in [5.74, 6) is -6.55. The number of amides is 3. The van der Waals surface area contributed by atoms with E-state index in [-0.39, 0.29) is 72.4 Å². The summed E-state index contributed by atoms with van der Waals surface area (Å²) in [5, 5.41) is 22.6. The van der Waals surface area contributed by atoms with Crippen LogP contribution in [0.3, 0.4) is 0 Å². The van der Waals surface area contributed by atoms with E-state index in [4.69, 9.17) is 19.9 Å². The van der Waals surface area contributed by atoms with Crippen molar-refractivity contribution in [2.75, 3.05) is 7.11 Å². The average molecular weight is 991 g/mol. The number of carbonyl (C=O) groups is 4. The van der Waals surface area contributed by atoms with Crippen LogP contribution < -0.4 is 26.6 Å². The summed E-state index contributed by atoms with van der Waals surface area (Å²) >= 11 is 0. The Kier molecular flexibility index (Phi) is 12.9. The third-order valence-corrected chi connectivity index (χ3v) is 15.3. The maximum Gasteiger partial charge on any atom is 0.341 e. The van der Waals surface area contributed by atoms with Gasteiger partial charge in [0, 0.05) is 53.3 Å². The molecule has 6 atom stereocenters. The number of pyridine rings is 2. The van der Waals surface area contributed by atoms with Gasteiger partial charge < -0.3 is 54.4 Å². The number of nitrogens with zero attached hydrogens (tertiary/aromatic N) is 4. The number of nitrogens with one attached hydrogen (secondary N) is 1. The Morgan fingerprint density at radius 1 is 0.732 bits per heavy atom. The number of carboxylic acids is 1. The lowest BCUT2D eigenvalue weighted by atomic mass is 9.71. The number of rotatable bonds is 6. The summed E-state index contributed by atoms with van der Waals surface area (Å²) in [5.41, 5.74) is 2.33. The number of methoxy groups -OCH3 is 1. The molecule has 4 saturated carbocycles. The number of nitrogens with two attached hydrogens (primary N) is 1. The number of fused-ring (bicyclic) bond motifs is 10. The fourth-order valence-corrected chi connectivity index (χ4v) is 11.5. The van der Waals surface area contributed by atoms with Crippen molar-refractivity contribution in [3.63, 3.8) is 0 Å². The van der Waals surface area contributed by atoms with E-state index >= 15 is 0 Å². The molecular formula is C50H54F4N6O11. The fourth-order valence-electron chi connectivity index (χ4n) is 11.5. The Morgan fingerprint density at radius 2 is 1.24 bits per heavy atom. The second kappa shape index (κ2) is 18.5. The Morgan fingerprint density at radius 3 is 1.72 bits per heavy atom. The second-order valence-corrected chi connectivity index (χ2v) is 19.4. The van der Waals surface area contributed by atoms with Gasteiger partial charge in [0.15, 0.2) is 35.3 Å². The van der Waals surface area contributed by atoms with Crippen molar-refractivity contribution in [2.24, 2.45) is 5.73 Å². The molecule has 5 N–H and O–H groups in total. The van der Waals surface area contributed by atoms with E-state index in [1.807, 2.05) is 0 Å². The van der Waals surface area contributed by atoms with E-state index in [9.17, 15) is 56.5 Å². The fraction of sp³-hybridized carbons (Fsp3) is 0.480. The van der Waals surface area contributed by atoms with Gasteiger partial charge in [-0.05, 0) is 89.2 Å². The number of carbonyl (C=O) groups excluding carboxylic acids is 3. The molecule has 6 fully saturated rings. The van der Waals surface area contributed by atoms with Gasteiger partial charge >= 0.3 is 5.97 Å². The predicted molar refractivity (Wildman–Crippen MR) is 244 cm³/mol. The van der Waals surface area contributed by atoms with Gasteiger partial charge in [-0.1, -0.05) is 19.6 Å². The number of ether oxygens (including phenoxy) is 3. The van der Waals surface area contributed by atoms with E-state index < -0.39 is 86.8 Å².